The molecule has 0 saturated heterocycles. The molecule has 0 aliphatic rings. The van der Waals surface area contributed by atoms with E-state index in [1.165, 1.54) is 0 Å². The Labute approximate surface area is 115 Å². The lowest BCUT2D eigenvalue weighted by atomic mass is 9.94. The van der Waals surface area contributed by atoms with Gasteiger partial charge < -0.3 is 19.9 Å². The Kier molecular flexibility index (Phi) is 5.63. The molecule has 2 N–H and O–H groups in total. The van der Waals surface area contributed by atoms with Gasteiger partial charge in [-0.1, -0.05) is 19.9 Å². The second kappa shape index (κ2) is 6.78. The maximum Gasteiger partial charge on any atom is 0.127 e. The summed E-state index contributed by atoms with van der Waals surface area (Å²) in [5.41, 5.74) is 0.197. The van der Waals surface area contributed by atoms with Gasteiger partial charge in [0.2, 0.25) is 0 Å². The fraction of sp³-hybridized carbons (Fsp3) is 0.600. The summed E-state index contributed by atoms with van der Waals surface area (Å²) in [6.07, 6.45) is 0. The number of hydrogen-bond donors (Lipinski definition) is 2. The van der Waals surface area contributed by atoms with E-state index in [9.17, 15) is 5.11 Å². The van der Waals surface area contributed by atoms with Crippen LogP contribution in [-0.4, -0.2) is 31.5 Å². The van der Waals surface area contributed by atoms with Crippen LogP contribution in [0, 0.1) is 5.92 Å². The van der Waals surface area contributed by atoms with Crippen molar-refractivity contribution in [2.24, 2.45) is 5.92 Å². The summed E-state index contributed by atoms with van der Waals surface area (Å²) in [5.74, 6) is 1.62. The molecule has 0 bridgehead atoms. The highest BCUT2D eigenvalue weighted by Crippen LogP contribution is 2.26. The van der Waals surface area contributed by atoms with Crippen molar-refractivity contribution in [1.82, 2.24) is 5.32 Å². The number of methoxy groups -OCH3 is 1. The third-order valence-corrected chi connectivity index (χ3v) is 3.41. The van der Waals surface area contributed by atoms with Crippen LogP contribution in [0.15, 0.2) is 18.2 Å². The number of rotatable bonds is 7. The fourth-order valence-electron chi connectivity index (χ4n) is 1.52. The maximum absolute atomic E-state index is 10.2. The molecule has 4 heteroatoms. The van der Waals surface area contributed by atoms with Crippen molar-refractivity contribution in [3.63, 3.8) is 0 Å². The molecule has 0 radical (unpaired) electrons. The maximum atomic E-state index is 10.2. The Bertz CT molecular complexity index is 402. The average molecular weight is 267 g/mol. The highest BCUT2D eigenvalue weighted by Gasteiger charge is 2.26. The number of hydrogen-bond acceptors (Lipinski definition) is 4. The number of nitrogens with one attached hydrogen (secondary N) is 1. The van der Waals surface area contributed by atoms with Crippen LogP contribution < -0.4 is 14.8 Å². The van der Waals surface area contributed by atoms with Crippen molar-refractivity contribution in [3.8, 4) is 11.5 Å². The minimum atomic E-state index is -0.847. The van der Waals surface area contributed by atoms with Gasteiger partial charge in [-0.05, 0) is 26.0 Å². The van der Waals surface area contributed by atoms with Gasteiger partial charge in [-0.2, -0.15) is 0 Å². The molecule has 0 aromatic heterocycles. The third kappa shape index (κ3) is 4.40. The lowest BCUT2D eigenvalue weighted by Gasteiger charge is -2.28. The van der Waals surface area contributed by atoms with Gasteiger partial charge in [0, 0.05) is 18.2 Å². The fourth-order valence-corrected chi connectivity index (χ4v) is 1.52. The molecule has 0 fully saturated rings. The summed E-state index contributed by atoms with van der Waals surface area (Å²) < 4.78 is 11.0. The van der Waals surface area contributed by atoms with Crippen molar-refractivity contribution in [3.05, 3.63) is 23.8 Å². The summed E-state index contributed by atoms with van der Waals surface area (Å²) in [6.45, 7) is 6.71. The van der Waals surface area contributed by atoms with Crippen LogP contribution in [0.3, 0.4) is 0 Å². The van der Waals surface area contributed by atoms with Gasteiger partial charge in [-0.25, -0.2) is 0 Å². The third-order valence-electron chi connectivity index (χ3n) is 3.41. The van der Waals surface area contributed by atoms with Crippen molar-refractivity contribution >= 4 is 0 Å². The molecule has 4 nitrogen and oxygen atoms in total. The molecule has 19 heavy (non-hydrogen) atoms. The molecule has 1 rings (SSSR count). The summed E-state index contributed by atoms with van der Waals surface area (Å²) >= 11 is 0. The number of aliphatic hydroxyl groups is 1. The minimum Gasteiger partial charge on any atom is -0.497 e. The lowest BCUT2D eigenvalue weighted by Crippen LogP contribution is -2.38. The lowest BCUT2D eigenvalue weighted by molar-refractivity contribution is -0.0269. The summed E-state index contributed by atoms with van der Waals surface area (Å²) in [6, 6.07) is 5.72. The van der Waals surface area contributed by atoms with E-state index >= 15 is 0 Å². The smallest absolute Gasteiger partial charge is 0.127 e. The Morgan fingerprint density at radius 1 is 1.37 bits per heavy atom. The quantitative estimate of drug-likeness (QED) is 0.795. The molecule has 0 saturated carbocycles. The molecule has 108 valence electrons. The van der Waals surface area contributed by atoms with Crippen LogP contribution >= 0.6 is 0 Å². The van der Waals surface area contributed by atoms with E-state index in [1.807, 2.05) is 39.1 Å². The molecule has 0 heterocycles. The first kappa shape index (κ1) is 15.8. The number of ether oxygens (including phenoxy) is 2. The van der Waals surface area contributed by atoms with E-state index in [0.29, 0.717) is 6.54 Å². The Balaban J connectivity index is 2.85. The standard InChI is InChI=1S/C15H25NO3/c1-11(2)15(3,17)10-19-14-8-13(18-5)7-6-12(14)9-16-4/h6-8,11,16-17H,9-10H2,1-5H3. The monoisotopic (exact) mass is 267 g/mol. The van der Waals surface area contributed by atoms with Crippen LogP contribution in [0.1, 0.15) is 26.3 Å². The number of benzene rings is 1. The molecular weight excluding hydrogens is 242 g/mol. The Morgan fingerprint density at radius 3 is 2.58 bits per heavy atom. The van der Waals surface area contributed by atoms with Crippen molar-refractivity contribution in [2.75, 3.05) is 20.8 Å². The first-order chi connectivity index (χ1) is 8.90. The first-order valence-electron chi connectivity index (χ1n) is 6.57. The molecule has 0 spiro atoms. The highest BCUT2D eigenvalue weighted by atomic mass is 16.5. The summed E-state index contributed by atoms with van der Waals surface area (Å²) in [7, 11) is 3.51. The van der Waals surface area contributed by atoms with E-state index in [4.69, 9.17) is 9.47 Å². The van der Waals surface area contributed by atoms with Crippen molar-refractivity contribution < 1.29 is 14.6 Å². The van der Waals surface area contributed by atoms with Crippen molar-refractivity contribution in [1.29, 1.82) is 0 Å². The topological polar surface area (TPSA) is 50.7 Å². The van der Waals surface area contributed by atoms with Crippen LogP contribution in [0.2, 0.25) is 0 Å². The molecule has 0 aliphatic carbocycles. The van der Waals surface area contributed by atoms with Gasteiger partial charge in [0.1, 0.15) is 18.1 Å². The predicted octanol–water partition coefficient (Wildman–Crippen LogP) is 2.20. The van der Waals surface area contributed by atoms with E-state index in [1.54, 1.807) is 14.0 Å². The van der Waals surface area contributed by atoms with E-state index in [0.717, 1.165) is 17.1 Å². The van der Waals surface area contributed by atoms with Crippen LogP contribution in [-0.2, 0) is 6.54 Å². The molecule has 1 atom stereocenters. The van der Waals surface area contributed by atoms with Gasteiger partial charge in [0.05, 0.1) is 12.7 Å². The second-order valence-electron chi connectivity index (χ2n) is 5.30. The molecule has 0 amide bonds. The Hall–Kier alpha value is -1.26. The molecular formula is C15H25NO3. The second-order valence-corrected chi connectivity index (χ2v) is 5.30. The highest BCUT2D eigenvalue weighted by molar-refractivity contribution is 5.40. The first-order valence-corrected chi connectivity index (χ1v) is 6.57. The van der Waals surface area contributed by atoms with Gasteiger partial charge in [-0.3, -0.25) is 0 Å². The van der Waals surface area contributed by atoms with E-state index < -0.39 is 5.60 Å². The SMILES string of the molecule is CNCc1ccc(OC)cc1OCC(C)(O)C(C)C. The average Bonchev–Trinajstić information content (AvgIpc) is 2.37. The zero-order valence-corrected chi connectivity index (χ0v) is 12.5. The van der Waals surface area contributed by atoms with Gasteiger partial charge >= 0.3 is 0 Å². The van der Waals surface area contributed by atoms with Crippen LogP contribution in [0.4, 0.5) is 0 Å². The van der Waals surface area contributed by atoms with Gasteiger partial charge in [-0.15, -0.1) is 0 Å². The predicted molar refractivity (Wildman–Crippen MR) is 76.7 cm³/mol. The van der Waals surface area contributed by atoms with E-state index in [-0.39, 0.29) is 12.5 Å². The van der Waals surface area contributed by atoms with Gasteiger partial charge in [0.25, 0.3) is 0 Å². The van der Waals surface area contributed by atoms with Gasteiger partial charge in [0.15, 0.2) is 0 Å². The Morgan fingerprint density at radius 2 is 2.05 bits per heavy atom. The minimum absolute atomic E-state index is 0.130. The molecule has 1 aromatic carbocycles. The molecule has 1 aromatic rings. The zero-order valence-electron chi connectivity index (χ0n) is 12.5. The van der Waals surface area contributed by atoms with Crippen LogP contribution in [0.5, 0.6) is 11.5 Å². The zero-order chi connectivity index (χ0) is 14.5. The van der Waals surface area contributed by atoms with Crippen LogP contribution in [0.25, 0.3) is 0 Å². The van der Waals surface area contributed by atoms with Crippen molar-refractivity contribution in [2.45, 2.75) is 32.9 Å². The largest absolute Gasteiger partial charge is 0.497 e. The van der Waals surface area contributed by atoms with E-state index in [2.05, 4.69) is 5.32 Å². The normalized spacial score (nSPS) is 14.3. The molecule has 0 aliphatic heterocycles. The summed E-state index contributed by atoms with van der Waals surface area (Å²) in [5, 5.41) is 13.3. The summed E-state index contributed by atoms with van der Waals surface area (Å²) in [4.78, 5) is 0. The molecule has 1 unspecified atom stereocenters.